The Bertz CT molecular complexity index is 531. The van der Waals surface area contributed by atoms with Gasteiger partial charge in [-0.3, -0.25) is 0 Å². The SMILES string of the molecule is Cc1cc(Oc2nnccc2CN)ccc1Cl. The van der Waals surface area contributed by atoms with Crippen LogP contribution in [0.15, 0.2) is 30.5 Å². The number of rotatable bonds is 3. The number of nitrogens with zero attached hydrogens (tertiary/aromatic N) is 2. The third kappa shape index (κ3) is 2.72. The first-order valence-corrected chi connectivity index (χ1v) is 5.53. The summed E-state index contributed by atoms with van der Waals surface area (Å²) >= 11 is 5.94. The van der Waals surface area contributed by atoms with Gasteiger partial charge in [-0.05, 0) is 36.8 Å². The quantitative estimate of drug-likeness (QED) is 0.909. The fourth-order valence-corrected chi connectivity index (χ4v) is 1.50. The highest BCUT2D eigenvalue weighted by atomic mass is 35.5. The summed E-state index contributed by atoms with van der Waals surface area (Å²) in [6.07, 6.45) is 1.59. The smallest absolute Gasteiger partial charge is 0.243 e. The molecule has 0 bridgehead atoms. The lowest BCUT2D eigenvalue weighted by Crippen LogP contribution is -2.02. The minimum Gasteiger partial charge on any atom is -0.437 e. The van der Waals surface area contributed by atoms with Gasteiger partial charge in [0.25, 0.3) is 0 Å². The molecule has 1 aromatic carbocycles. The van der Waals surface area contributed by atoms with E-state index in [1.807, 2.05) is 13.0 Å². The first-order chi connectivity index (χ1) is 8.20. The molecule has 0 radical (unpaired) electrons. The predicted molar refractivity (Wildman–Crippen MR) is 66.2 cm³/mol. The van der Waals surface area contributed by atoms with E-state index in [2.05, 4.69) is 10.2 Å². The van der Waals surface area contributed by atoms with Crippen molar-refractivity contribution in [3.05, 3.63) is 46.6 Å². The fourth-order valence-electron chi connectivity index (χ4n) is 1.38. The molecule has 2 N–H and O–H groups in total. The lowest BCUT2D eigenvalue weighted by molar-refractivity contribution is 0.448. The van der Waals surface area contributed by atoms with Crippen LogP contribution < -0.4 is 10.5 Å². The van der Waals surface area contributed by atoms with E-state index in [1.54, 1.807) is 24.4 Å². The van der Waals surface area contributed by atoms with Crippen molar-refractivity contribution >= 4 is 11.6 Å². The number of aryl methyl sites for hydroxylation is 1. The molecular weight excluding hydrogens is 238 g/mol. The Hall–Kier alpha value is -1.65. The summed E-state index contributed by atoms with van der Waals surface area (Å²) in [5, 5.41) is 8.39. The van der Waals surface area contributed by atoms with Gasteiger partial charge in [-0.25, -0.2) is 0 Å². The molecule has 0 aliphatic rings. The van der Waals surface area contributed by atoms with Crippen molar-refractivity contribution < 1.29 is 4.74 Å². The molecule has 0 amide bonds. The van der Waals surface area contributed by atoms with Crippen molar-refractivity contribution in [2.75, 3.05) is 0 Å². The van der Waals surface area contributed by atoms with Crippen LogP contribution >= 0.6 is 11.6 Å². The van der Waals surface area contributed by atoms with Crippen molar-refractivity contribution in [3.63, 3.8) is 0 Å². The summed E-state index contributed by atoms with van der Waals surface area (Å²) in [5.74, 6) is 1.10. The van der Waals surface area contributed by atoms with Crippen molar-refractivity contribution in [3.8, 4) is 11.6 Å². The normalized spacial score (nSPS) is 10.3. The second kappa shape index (κ2) is 5.12. The van der Waals surface area contributed by atoms with Gasteiger partial charge in [0.15, 0.2) is 0 Å². The van der Waals surface area contributed by atoms with Crippen LogP contribution in [0.5, 0.6) is 11.6 Å². The maximum Gasteiger partial charge on any atom is 0.243 e. The highest BCUT2D eigenvalue weighted by Crippen LogP contribution is 2.26. The summed E-state index contributed by atoms with van der Waals surface area (Å²) < 4.78 is 5.62. The number of halogens is 1. The van der Waals surface area contributed by atoms with Crippen molar-refractivity contribution in [1.29, 1.82) is 0 Å². The maximum atomic E-state index is 5.94. The zero-order chi connectivity index (χ0) is 12.3. The Labute approximate surface area is 104 Å². The lowest BCUT2D eigenvalue weighted by atomic mass is 10.2. The van der Waals surface area contributed by atoms with Crippen LogP contribution in [0.2, 0.25) is 5.02 Å². The van der Waals surface area contributed by atoms with E-state index in [-0.39, 0.29) is 0 Å². The number of nitrogens with two attached hydrogens (primary N) is 1. The molecule has 2 aromatic rings. The Morgan fingerprint density at radius 2 is 2.18 bits per heavy atom. The van der Waals surface area contributed by atoms with E-state index in [1.165, 1.54) is 0 Å². The number of ether oxygens (including phenoxy) is 1. The van der Waals surface area contributed by atoms with E-state index in [0.29, 0.717) is 23.2 Å². The summed E-state index contributed by atoms with van der Waals surface area (Å²) in [5.41, 5.74) is 7.35. The van der Waals surface area contributed by atoms with Gasteiger partial charge in [0.2, 0.25) is 5.88 Å². The summed E-state index contributed by atoms with van der Waals surface area (Å²) in [6.45, 7) is 2.27. The average molecular weight is 250 g/mol. The van der Waals surface area contributed by atoms with Crippen LogP contribution in [0.1, 0.15) is 11.1 Å². The van der Waals surface area contributed by atoms with Crippen molar-refractivity contribution in [1.82, 2.24) is 10.2 Å². The standard InChI is InChI=1S/C12H12ClN3O/c1-8-6-10(2-3-11(8)13)17-12-9(7-14)4-5-15-16-12/h2-6H,7,14H2,1H3. The number of hydrogen-bond donors (Lipinski definition) is 1. The van der Waals surface area contributed by atoms with Gasteiger partial charge >= 0.3 is 0 Å². The van der Waals surface area contributed by atoms with E-state index < -0.39 is 0 Å². The van der Waals surface area contributed by atoms with Gasteiger partial charge in [-0.2, -0.15) is 5.10 Å². The molecule has 2 rings (SSSR count). The summed E-state index contributed by atoms with van der Waals surface area (Å²) in [4.78, 5) is 0. The minimum absolute atomic E-state index is 0.359. The van der Waals surface area contributed by atoms with Gasteiger partial charge in [-0.15, -0.1) is 5.10 Å². The maximum absolute atomic E-state index is 5.94. The second-order valence-corrected chi connectivity index (χ2v) is 3.99. The van der Waals surface area contributed by atoms with Gasteiger partial charge in [0.05, 0.1) is 6.20 Å². The van der Waals surface area contributed by atoms with Gasteiger partial charge < -0.3 is 10.5 Å². The van der Waals surface area contributed by atoms with Gasteiger partial charge in [0, 0.05) is 17.1 Å². The van der Waals surface area contributed by atoms with E-state index in [0.717, 1.165) is 11.1 Å². The third-order valence-electron chi connectivity index (χ3n) is 2.33. The number of hydrogen-bond acceptors (Lipinski definition) is 4. The first kappa shape index (κ1) is 11.8. The molecule has 88 valence electrons. The molecule has 0 aliphatic heterocycles. The largest absolute Gasteiger partial charge is 0.437 e. The highest BCUT2D eigenvalue weighted by Gasteiger charge is 2.06. The van der Waals surface area contributed by atoms with Crippen LogP contribution in [0.25, 0.3) is 0 Å². The number of aromatic nitrogens is 2. The average Bonchev–Trinajstić information content (AvgIpc) is 2.34. The molecule has 1 aromatic heterocycles. The van der Waals surface area contributed by atoms with Gasteiger partial charge in [-0.1, -0.05) is 11.6 Å². The monoisotopic (exact) mass is 249 g/mol. The van der Waals surface area contributed by atoms with Gasteiger partial charge in [0.1, 0.15) is 5.75 Å². The van der Waals surface area contributed by atoms with Crippen LogP contribution in [-0.4, -0.2) is 10.2 Å². The Morgan fingerprint density at radius 1 is 1.35 bits per heavy atom. The molecule has 1 heterocycles. The summed E-state index contributed by atoms with van der Waals surface area (Å²) in [6, 6.07) is 7.19. The molecule has 0 unspecified atom stereocenters. The molecule has 0 atom stereocenters. The van der Waals surface area contributed by atoms with Crippen LogP contribution in [0.3, 0.4) is 0 Å². The van der Waals surface area contributed by atoms with Crippen molar-refractivity contribution in [2.24, 2.45) is 5.73 Å². The van der Waals surface area contributed by atoms with Crippen molar-refractivity contribution in [2.45, 2.75) is 13.5 Å². The Balaban J connectivity index is 2.28. The molecule has 17 heavy (non-hydrogen) atoms. The fraction of sp³-hybridized carbons (Fsp3) is 0.167. The molecule has 0 aliphatic carbocycles. The second-order valence-electron chi connectivity index (χ2n) is 3.58. The molecule has 0 saturated carbocycles. The molecule has 4 nitrogen and oxygen atoms in total. The minimum atomic E-state index is 0.359. The molecule has 0 spiro atoms. The zero-order valence-electron chi connectivity index (χ0n) is 9.35. The lowest BCUT2D eigenvalue weighted by Gasteiger charge is -2.08. The molecule has 5 heteroatoms. The Kier molecular flexibility index (Phi) is 3.56. The first-order valence-electron chi connectivity index (χ1n) is 5.15. The van der Waals surface area contributed by atoms with Crippen LogP contribution in [-0.2, 0) is 6.54 Å². The van der Waals surface area contributed by atoms with E-state index >= 15 is 0 Å². The molecular formula is C12H12ClN3O. The van der Waals surface area contributed by atoms with Crippen LogP contribution in [0.4, 0.5) is 0 Å². The summed E-state index contributed by atoms with van der Waals surface area (Å²) in [7, 11) is 0. The highest BCUT2D eigenvalue weighted by molar-refractivity contribution is 6.31. The molecule has 0 fully saturated rings. The van der Waals surface area contributed by atoms with E-state index in [9.17, 15) is 0 Å². The van der Waals surface area contributed by atoms with E-state index in [4.69, 9.17) is 22.1 Å². The predicted octanol–water partition coefficient (Wildman–Crippen LogP) is 2.69. The molecule has 0 saturated heterocycles. The topological polar surface area (TPSA) is 61.0 Å². The zero-order valence-corrected chi connectivity index (χ0v) is 10.1. The Morgan fingerprint density at radius 3 is 2.88 bits per heavy atom. The third-order valence-corrected chi connectivity index (χ3v) is 2.75. The van der Waals surface area contributed by atoms with Crippen LogP contribution in [0, 0.1) is 6.92 Å². The number of benzene rings is 1.